The van der Waals surface area contributed by atoms with Crippen LogP contribution in [0, 0.1) is 0 Å². The molecule has 2 aromatic carbocycles. The molecule has 1 N–H and O–H groups in total. The number of rotatable bonds is 5. The Morgan fingerprint density at radius 1 is 1.05 bits per heavy atom. The Kier molecular flexibility index (Phi) is 5.44. The van der Waals surface area contributed by atoms with Crippen molar-refractivity contribution in [3.8, 4) is 11.5 Å². The average Bonchev–Trinajstić information content (AvgIpc) is 2.54. The van der Waals surface area contributed by atoms with Crippen molar-refractivity contribution in [2.75, 3.05) is 14.2 Å². The minimum absolute atomic E-state index is 0.116. The Hall–Kier alpha value is -2.01. The van der Waals surface area contributed by atoms with E-state index in [0.717, 1.165) is 10.0 Å². The highest BCUT2D eigenvalue weighted by atomic mass is 79.9. The van der Waals surface area contributed by atoms with Crippen LogP contribution >= 0.6 is 15.9 Å². The summed E-state index contributed by atoms with van der Waals surface area (Å²) < 4.78 is 11.4. The van der Waals surface area contributed by atoms with Gasteiger partial charge in [-0.2, -0.15) is 0 Å². The van der Waals surface area contributed by atoms with Crippen LogP contribution in [0.15, 0.2) is 46.9 Å². The molecule has 0 radical (unpaired) electrons. The number of carbonyl (C=O) groups is 1. The topological polar surface area (TPSA) is 47.6 Å². The molecule has 0 aliphatic carbocycles. The maximum Gasteiger partial charge on any atom is 0.251 e. The van der Waals surface area contributed by atoms with Gasteiger partial charge in [-0.25, -0.2) is 0 Å². The maximum absolute atomic E-state index is 12.2. The lowest BCUT2D eigenvalue weighted by atomic mass is 10.1. The first-order valence-electron chi connectivity index (χ1n) is 6.83. The van der Waals surface area contributed by atoms with E-state index in [1.54, 1.807) is 26.4 Å². The molecule has 0 fully saturated rings. The SMILES string of the molecule is COc1ccc([C@@H](C)NC(=O)c2ccc(Br)cc2)cc1OC. The molecule has 116 valence electrons. The fourth-order valence-corrected chi connectivity index (χ4v) is 2.35. The Morgan fingerprint density at radius 3 is 2.27 bits per heavy atom. The molecule has 2 aromatic rings. The molecule has 0 aliphatic heterocycles. The van der Waals surface area contributed by atoms with Crippen molar-refractivity contribution in [3.63, 3.8) is 0 Å². The minimum atomic E-state index is -0.143. The van der Waals surface area contributed by atoms with Gasteiger partial charge in [0.1, 0.15) is 0 Å². The summed E-state index contributed by atoms with van der Waals surface area (Å²) in [4.78, 5) is 12.2. The van der Waals surface area contributed by atoms with E-state index in [4.69, 9.17) is 9.47 Å². The molecule has 22 heavy (non-hydrogen) atoms. The minimum Gasteiger partial charge on any atom is -0.493 e. The van der Waals surface area contributed by atoms with Crippen molar-refractivity contribution in [1.29, 1.82) is 0 Å². The van der Waals surface area contributed by atoms with Gasteiger partial charge < -0.3 is 14.8 Å². The monoisotopic (exact) mass is 363 g/mol. The van der Waals surface area contributed by atoms with Crippen molar-refractivity contribution < 1.29 is 14.3 Å². The molecule has 0 aliphatic rings. The molecule has 5 heteroatoms. The first-order valence-corrected chi connectivity index (χ1v) is 7.62. The molecule has 4 nitrogen and oxygen atoms in total. The number of nitrogens with one attached hydrogen (secondary N) is 1. The second-order valence-corrected chi connectivity index (χ2v) is 5.73. The number of hydrogen-bond donors (Lipinski definition) is 1. The smallest absolute Gasteiger partial charge is 0.251 e. The van der Waals surface area contributed by atoms with Gasteiger partial charge in [-0.1, -0.05) is 22.0 Å². The number of hydrogen-bond acceptors (Lipinski definition) is 3. The largest absolute Gasteiger partial charge is 0.493 e. The summed E-state index contributed by atoms with van der Waals surface area (Å²) >= 11 is 3.35. The zero-order chi connectivity index (χ0) is 16.1. The Morgan fingerprint density at radius 2 is 1.68 bits per heavy atom. The van der Waals surface area contributed by atoms with Gasteiger partial charge in [0.05, 0.1) is 20.3 Å². The standard InChI is InChI=1S/C17H18BrNO3/c1-11(13-6-9-15(21-2)16(10-13)22-3)19-17(20)12-4-7-14(18)8-5-12/h4-11H,1-3H3,(H,19,20)/t11-/m1/s1. The van der Waals surface area contributed by atoms with Crippen LogP contribution < -0.4 is 14.8 Å². The van der Waals surface area contributed by atoms with Crippen molar-refractivity contribution >= 4 is 21.8 Å². The molecule has 1 atom stereocenters. The van der Waals surface area contributed by atoms with E-state index < -0.39 is 0 Å². The lowest BCUT2D eigenvalue weighted by molar-refractivity contribution is 0.0940. The van der Waals surface area contributed by atoms with Gasteiger partial charge in [0.15, 0.2) is 11.5 Å². The summed E-state index contributed by atoms with van der Waals surface area (Å²) in [5.41, 5.74) is 1.57. The molecule has 0 spiro atoms. The van der Waals surface area contributed by atoms with E-state index in [2.05, 4.69) is 21.2 Å². The second kappa shape index (κ2) is 7.31. The Balaban J connectivity index is 2.13. The Labute approximate surface area is 138 Å². The molecular formula is C17H18BrNO3. The molecular weight excluding hydrogens is 346 g/mol. The van der Waals surface area contributed by atoms with Gasteiger partial charge in [-0.3, -0.25) is 4.79 Å². The quantitative estimate of drug-likeness (QED) is 0.874. The highest BCUT2D eigenvalue weighted by molar-refractivity contribution is 9.10. The van der Waals surface area contributed by atoms with Crippen molar-refractivity contribution in [2.45, 2.75) is 13.0 Å². The molecule has 0 bridgehead atoms. The van der Waals surface area contributed by atoms with Crippen molar-refractivity contribution in [1.82, 2.24) is 5.32 Å². The third kappa shape index (κ3) is 3.80. The number of ether oxygens (including phenoxy) is 2. The van der Waals surface area contributed by atoms with Crippen molar-refractivity contribution in [2.24, 2.45) is 0 Å². The normalized spacial score (nSPS) is 11.6. The molecule has 0 saturated carbocycles. The number of amides is 1. The molecule has 0 aromatic heterocycles. The zero-order valence-corrected chi connectivity index (χ0v) is 14.3. The molecule has 0 saturated heterocycles. The van der Waals surface area contributed by atoms with Crippen LogP contribution in [0.1, 0.15) is 28.9 Å². The van der Waals surface area contributed by atoms with Crippen molar-refractivity contribution in [3.05, 3.63) is 58.1 Å². The van der Waals surface area contributed by atoms with Gasteiger partial charge in [0.25, 0.3) is 5.91 Å². The number of carbonyl (C=O) groups excluding carboxylic acids is 1. The lowest BCUT2D eigenvalue weighted by Gasteiger charge is -2.16. The van der Waals surface area contributed by atoms with Crippen LogP contribution in [0.4, 0.5) is 0 Å². The van der Waals surface area contributed by atoms with E-state index in [0.29, 0.717) is 17.1 Å². The molecule has 0 unspecified atom stereocenters. The fraction of sp³-hybridized carbons (Fsp3) is 0.235. The third-order valence-corrected chi connectivity index (χ3v) is 3.89. The van der Waals surface area contributed by atoms with Gasteiger partial charge in [-0.05, 0) is 48.9 Å². The predicted molar refractivity (Wildman–Crippen MR) is 89.6 cm³/mol. The molecule has 2 rings (SSSR count). The molecule has 0 heterocycles. The first kappa shape index (κ1) is 16.4. The van der Waals surface area contributed by atoms with E-state index in [1.807, 2.05) is 37.3 Å². The number of benzene rings is 2. The van der Waals surface area contributed by atoms with Gasteiger partial charge in [0, 0.05) is 10.0 Å². The fourth-order valence-electron chi connectivity index (χ4n) is 2.09. The van der Waals surface area contributed by atoms with E-state index in [-0.39, 0.29) is 11.9 Å². The summed E-state index contributed by atoms with van der Waals surface area (Å²) in [7, 11) is 3.18. The summed E-state index contributed by atoms with van der Waals surface area (Å²) in [6.07, 6.45) is 0. The van der Waals surface area contributed by atoms with Gasteiger partial charge >= 0.3 is 0 Å². The summed E-state index contributed by atoms with van der Waals surface area (Å²) in [5.74, 6) is 1.19. The van der Waals surface area contributed by atoms with Gasteiger partial charge in [0.2, 0.25) is 0 Å². The summed E-state index contributed by atoms with van der Waals surface area (Å²) in [6, 6.07) is 12.7. The van der Waals surface area contributed by atoms with Crippen LogP contribution in [0.25, 0.3) is 0 Å². The second-order valence-electron chi connectivity index (χ2n) is 4.82. The van der Waals surface area contributed by atoms with Crippen LogP contribution in [-0.4, -0.2) is 20.1 Å². The highest BCUT2D eigenvalue weighted by Gasteiger charge is 2.13. The predicted octanol–water partition coefficient (Wildman–Crippen LogP) is 3.96. The number of halogens is 1. The van der Waals surface area contributed by atoms with Crippen LogP contribution in [0.2, 0.25) is 0 Å². The summed E-state index contributed by atoms with van der Waals surface area (Å²) in [6.45, 7) is 1.93. The summed E-state index contributed by atoms with van der Waals surface area (Å²) in [5, 5.41) is 2.97. The zero-order valence-electron chi connectivity index (χ0n) is 12.7. The highest BCUT2D eigenvalue weighted by Crippen LogP contribution is 2.29. The van der Waals surface area contributed by atoms with E-state index in [9.17, 15) is 4.79 Å². The number of methoxy groups -OCH3 is 2. The van der Waals surface area contributed by atoms with Crippen LogP contribution in [-0.2, 0) is 0 Å². The van der Waals surface area contributed by atoms with Gasteiger partial charge in [-0.15, -0.1) is 0 Å². The van der Waals surface area contributed by atoms with Crippen LogP contribution in [0.5, 0.6) is 11.5 Å². The van der Waals surface area contributed by atoms with Crippen LogP contribution in [0.3, 0.4) is 0 Å². The Bertz CT molecular complexity index is 655. The molecule has 1 amide bonds. The average molecular weight is 364 g/mol. The first-order chi connectivity index (χ1) is 10.5. The van der Waals surface area contributed by atoms with E-state index in [1.165, 1.54) is 0 Å². The lowest BCUT2D eigenvalue weighted by Crippen LogP contribution is -2.26. The maximum atomic E-state index is 12.2. The van der Waals surface area contributed by atoms with E-state index >= 15 is 0 Å². The third-order valence-electron chi connectivity index (χ3n) is 3.36.